The van der Waals surface area contributed by atoms with E-state index in [0.29, 0.717) is 16.9 Å². The predicted molar refractivity (Wildman–Crippen MR) is 211 cm³/mol. The lowest BCUT2D eigenvalue weighted by atomic mass is 9.77. The number of rotatable bonds is 12. The molecule has 8 heteroatoms. The fourth-order valence-corrected chi connectivity index (χ4v) is 6.71. The van der Waals surface area contributed by atoms with E-state index in [-0.39, 0.29) is 19.0 Å². The van der Waals surface area contributed by atoms with Gasteiger partial charge in [0, 0.05) is 29.5 Å². The molecule has 0 fully saturated rings. The van der Waals surface area contributed by atoms with E-state index in [9.17, 15) is 14.7 Å². The Bertz CT molecular complexity index is 2190. The van der Waals surface area contributed by atoms with Gasteiger partial charge in [0.05, 0.1) is 12.7 Å². The van der Waals surface area contributed by atoms with Gasteiger partial charge < -0.3 is 15.7 Å². The second kappa shape index (κ2) is 15.5. The van der Waals surface area contributed by atoms with Gasteiger partial charge in [-0.1, -0.05) is 139 Å². The van der Waals surface area contributed by atoms with E-state index in [1.54, 1.807) is 41.2 Å². The molecule has 0 aliphatic rings. The standard InChI is InChI=1S/C45H39N5O3/c1-33-21-23-34(24-22-33)40-19-11-12-20-41(40)43(51)47-38-25-27-39(28-26-38)49(44(52)53)31-32-50-42(29-30-46-50)48-45(35-13-5-2-6-14-35,36-15-7-3-8-16-36)37-17-9-4-10-18-37/h2-30,48H,31-32H2,1H3,(H,47,51)(H,52,53). The van der Waals surface area contributed by atoms with Gasteiger partial charge >= 0.3 is 6.09 Å². The minimum Gasteiger partial charge on any atom is -0.465 e. The van der Waals surface area contributed by atoms with Gasteiger partial charge in [0.2, 0.25) is 0 Å². The van der Waals surface area contributed by atoms with Crippen LogP contribution in [0.3, 0.4) is 0 Å². The van der Waals surface area contributed by atoms with Gasteiger partial charge in [-0.15, -0.1) is 0 Å². The topological polar surface area (TPSA) is 99.5 Å². The summed E-state index contributed by atoms with van der Waals surface area (Å²) in [7, 11) is 0. The van der Waals surface area contributed by atoms with E-state index in [2.05, 4.69) is 52.1 Å². The number of nitrogens with one attached hydrogen (secondary N) is 2. The molecule has 6 aromatic carbocycles. The molecule has 0 aliphatic carbocycles. The Balaban J connectivity index is 1.11. The molecule has 0 bridgehead atoms. The van der Waals surface area contributed by atoms with Crippen molar-refractivity contribution < 1.29 is 14.7 Å². The largest absolute Gasteiger partial charge is 0.465 e. The van der Waals surface area contributed by atoms with Gasteiger partial charge in [-0.2, -0.15) is 5.10 Å². The van der Waals surface area contributed by atoms with Crippen LogP contribution in [-0.2, 0) is 12.1 Å². The van der Waals surface area contributed by atoms with Crippen LogP contribution in [0, 0.1) is 6.92 Å². The molecule has 0 saturated carbocycles. The molecule has 0 atom stereocenters. The number of carboxylic acid groups (broad SMARTS) is 1. The number of carbonyl (C=O) groups is 2. The van der Waals surface area contributed by atoms with Crippen LogP contribution >= 0.6 is 0 Å². The molecule has 3 N–H and O–H groups in total. The average molecular weight is 698 g/mol. The first-order chi connectivity index (χ1) is 25.9. The number of amides is 2. The molecule has 0 aliphatic heterocycles. The zero-order chi connectivity index (χ0) is 36.6. The molecule has 8 nitrogen and oxygen atoms in total. The highest BCUT2D eigenvalue weighted by Gasteiger charge is 2.37. The molecule has 1 aromatic heterocycles. The minimum atomic E-state index is -1.09. The normalized spacial score (nSPS) is 11.1. The van der Waals surface area contributed by atoms with Crippen molar-refractivity contribution in [2.75, 3.05) is 22.1 Å². The van der Waals surface area contributed by atoms with Gasteiger partial charge in [0.15, 0.2) is 0 Å². The van der Waals surface area contributed by atoms with Crippen LogP contribution < -0.4 is 15.5 Å². The monoisotopic (exact) mass is 697 g/mol. The molecule has 0 saturated heterocycles. The van der Waals surface area contributed by atoms with Crippen molar-refractivity contribution in [1.29, 1.82) is 0 Å². The van der Waals surface area contributed by atoms with E-state index in [1.165, 1.54) is 4.90 Å². The minimum absolute atomic E-state index is 0.135. The molecule has 0 unspecified atom stereocenters. The maximum atomic E-state index is 13.4. The second-order valence-corrected chi connectivity index (χ2v) is 12.8. The second-order valence-electron chi connectivity index (χ2n) is 12.8. The van der Waals surface area contributed by atoms with E-state index in [1.807, 2.05) is 110 Å². The lowest BCUT2D eigenvalue weighted by molar-refractivity contribution is 0.102. The number of nitrogens with zero attached hydrogens (tertiary/aromatic N) is 3. The third-order valence-corrected chi connectivity index (χ3v) is 9.39. The van der Waals surface area contributed by atoms with Crippen LogP contribution in [0.5, 0.6) is 0 Å². The van der Waals surface area contributed by atoms with Crippen LogP contribution in [-0.4, -0.2) is 33.4 Å². The Morgan fingerprint density at radius 1 is 0.679 bits per heavy atom. The Kier molecular flexibility index (Phi) is 10.1. The molecule has 0 radical (unpaired) electrons. The number of hydrogen-bond donors (Lipinski definition) is 3. The molecule has 53 heavy (non-hydrogen) atoms. The molecule has 2 amide bonds. The lowest BCUT2D eigenvalue weighted by Crippen LogP contribution is -2.39. The Morgan fingerprint density at radius 2 is 1.23 bits per heavy atom. The molecular weight excluding hydrogens is 659 g/mol. The van der Waals surface area contributed by atoms with Crippen LogP contribution in [0.15, 0.2) is 176 Å². The number of anilines is 3. The summed E-state index contributed by atoms with van der Waals surface area (Å²) in [5.41, 5.74) is 6.87. The third kappa shape index (κ3) is 7.43. The van der Waals surface area contributed by atoms with Crippen molar-refractivity contribution in [3.8, 4) is 11.1 Å². The number of carbonyl (C=O) groups excluding carboxylic acids is 1. The van der Waals surface area contributed by atoms with Crippen molar-refractivity contribution in [3.63, 3.8) is 0 Å². The molecule has 1 heterocycles. The zero-order valence-corrected chi connectivity index (χ0v) is 29.3. The molecule has 0 spiro atoms. The Morgan fingerprint density at radius 3 is 1.79 bits per heavy atom. The summed E-state index contributed by atoms with van der Waals surface area (Å²) < 4.78 is 1.79. The highest BCUT2D eigenvalue weighted by molar-refractivity contribution is 6.08. The fourth-order valence-electron chi connectivity index (χ4n) is 6.71. The van der Waals surface area contributed by atoms with Crippen molar-refractivity contribution in [2.24, 2.45) is 0 Å². The number of benzene rings is 6. The van der Waals surface area contributed by atoms with Crippen molar-refractivity contribution in [2.45, 2.75) is 19.0 Å². The quantitative estimate of drug-likeness (QED) is 0.110. The van der Waals surface area contributed by atoms with E-state index in [0.717, 1.165) is 39.2 Å². The van der Waals surface area contributed by atoms with Crippen molar-refractivity contribution in [3.05, 3.63) is 204 Å². The number of aryl methyl sites for hydroxylation is 1. The van der Waals surface area contributed by atoms with Gasteiger partial charge in [-0.05, 0) is 65.1 Å². The smallest absolute Gasteiger partial charge is 0.411 e. The molecule has 262 valence electrons. The van der Waals surface area contributed by atoms with E-state index in [4.69, 9.17) is 0 Å². The molecule has 7 rings (SSSR count). The highest BCUT2D eigenvalue weighted by atomic mass is 16.4. The fraction of sp³-hybridized carbons (Fsp3) is 0.0889. The SMILES string of the molecule is Cc1ccc(-c2ccccc2C(=O)Nc2ccc(N(CCn3nccc3NC(c3ccccc3)(c3ccccc3)c3ccccc3)C(=O)O)cc2)cc1. The van der Waals surface area contributed by atoms with Crippen LogP contribution in [0.2, 0.25) is 0 Å². The van der Waals surface area contributed by atoms with Crippen LogP contribution in [0.1, 0.15) is 32.6 Å². The summed E-state index contributed by atoms with van der Waals surface area (Å²) in [6, 6.07) is 55.1. The number of hydrogen-bond acceptors (Lipinski definition) is 4. The van der Waals surface area contributed by atoms with E-state index < -0.39 is 11.6 Å². The van der Waals surface area contributed by atoms with Gasteiger partial charge in [0.25, 0.3) is 5.91 Å². The molecular formula is C45H39N5O3. The van der Waals surface area contributed by atoms with Gasteiger partial charge in [-0.3, -0.25) is 9.69 Å². The maximum Gasteiger partial charge on any atom is 0.411 e. The summed E-state index contributed by atoms with van der Waals surface area (Å²) in [6.45, 7) is 2.44. The Hall–Kier alpha value is -6.93. The van der Waals surface area contributed by atoms with Crippen molar-refractivity contribution in [1.82, 2.24) is 9.78 Å². The summed E-state index contributed by atoms with van der Waals surface area (Å²) in [6.07, 6.45) is 0.621. The first-order valence-corrected chi connectivity index (χ1v) is 17.5. The third-order valence-electron chi connectivity index (χ3n) is 9.39. The average Bonchev–Trinajstić information content (AvgIpc) is 3.65. The van der Waals surface area contributed by atoms with E-state index >= 15 is 0 Å². The van der Waals surface area contributed by atoms with Crippen molar-refractivity contribution >= 4 is 29.2 Å². The highest BCUT2D eigenvalue weighted by Crippen LogP contribution is 2.40. The Labute approximate surface area is 309 Å². The van der Waals surface area contributed by atoms with Crippen LogP contribution in [0.25, 0.3) is 11.1 Å². The predicted octanol–water partition coefficient (Wildman–Crippen LogP) is 9.70. The number of aromatic nitrogens is 2. The van der Waals surface area contributed by atoms with Gasteiger partial charge in [0.1, 0.15) is 11.4 Å². The summed E-state index contributed by atoms with van der Waals surface area (Å²) in [5.74, 6) is 0.483. The maximum absolute atomic E-state index is 13.4. The first kappa shape index (κ1) is 34.5. The first-order valence-electron chi connectivity index (χ1n) is 17.5. The van der Waals surface area contributed by atoms with Crippen LogP contribution in [0.4, 0.5) is 22.0 Å². The lowest BCUT2D eigenvalue weighted by Gasteiger charge is -2.37. The van der Waals surface area contributed by atoms with Gasteiger partial charge in [-0.25, -0.2) is 9.48 Å². The zero-order valence-electron chi connectivity index (χ0n) is 29.3. The summed E-state index contributed by atoms with van der Waals surface area (Å²) in [5, 5.41) is 21.7. The summed E-state index contributed by atoms with van der Waals surface area (Å²) in [4.78, 5) is 27.3. The molecule has 7 aromatic rings. The summed E-state index contributed by atoms with van der Waals surface area (Å²) >= 11 is 0.